The molecule has 0 aromatic heterocycles. The van der Waals surface area contributed by atoms with Crippen molar-refractivity contribution in [1.82, 2.24) is 5.32 Å². The number of carbonyl (C=O) groups is 1. The van der Waals surface area contributed by atoms with Crippen LogP contribution in [0.1, 0.15) is 34.8 Å². The van der Waals surface area contributed by atoms with E-state index in [4.69, 9.17) is 19.6 Å². The van der Waals surface area contributed by atoms with Gasteiger partial charge in [0.15, 0.2) is 11.6 Å². The van der Waals surface area contributed by atoms with Crippen molar-refractivity contribution in [2.24, 2.45) is 10.1 Å². The zero-order valence-electron chi connectivity index (χ0n) is 25.4. The molecule has 0 saturated carbocycles. The molecule has 5 aromatic carbocycles. The van der Waals surface area contributed by atoms with Crippen LogP contribution in [-0.4, -0.2) is 35.7 Å². The predicted octanol–water partition coefficient (Wildman–Crippen LogP) is 8.12. The first-order chi connectivity index (χ1) is 23.0. The number of aliphatic imine (C=N–C) groups is 1. The molecule has 2 atom stereocenters. The summed E-state index contributed by atoms with van der Waals surface area (Å²) < 4.78 is 13.3. The molecule has 0 aliphatic carbocycles. The van der Waals surface area contributed by atoms with Gasteiger partial charge in [0.1, 0.15) is 5.75 Å². The van der Waals surface area contributed by atoms with Gasteiger partial charge in [-0.15, -0.1) is 0 Å². The van der Waals surface area contributed by atoms with Crippen LogP contribution in [0.25, 0.3) is 21.2 Å². The molecule has 236 valence electrons. The number of nitrogens with zero attached hydrogens (tertiary/aromatic N) is 4. The minimum atomic E-state index is -1.47. The molecular weight excluding hydrogens is 658 g/mol. The summed E-state index contributed by atoms with van der Waals surface area (Å²) >= 11 is 3.51. The van der Waals surface area contributed by atoms with E-state index >= 15 is 0 Å². The summed E-state index contributed by atoms with van der Waals surface area (Å²) in [6, 6.07) is 36.2. The van der Waals surface area contributed by atoms with E-state index in [2.05, 4.69) is 31.3 Å². The van der Waals surface area contributed by atoms with Crippen molar-refractivity contribution in [3.05, 3.63) is 152 Å². The normalized spacial score (nSPS) is 17.0. The minimum absolute atomic E-state index is 0.0461. The van der Waals surface area contributed by atoms with Crippen LogP contribution in [0.5, 0.6) is 5.75 Å². The topological polar surface area (TPSA) is 129 Å². The third-order valence-corrected chi connectivity index (χ3v) is 8.64. The SMILES string of the molecule is [N-]=[N+]=Nc1ccccc1[C@H]1OC(c2ccc(OCCCO)cc2)=N[C@@]1(Cc1ccc(Br)cc1)C(=O)NCc1cccc2ccccc12. The second kappa shape index (κ2) is 14.5. The fourth-order valence-corrected chi connectivity index (χ4v) is 6.06. The van der Waals surface area contributed by atoms with Crippen molar-refractivity contribution in [3.8, 4) is 5.75 Å². The van der Waals surface area contributed by atoms with Crippen molar-refractivity contribution in [2.75, 3.05) is 13.2 Å². The van der Waals surface area contributed by atoms with Crippen LogP contribution in [0.4, 0.5) is 5.69 Å². The molecule has 0 bridgehead atoms. The van der Waals surface area contributed by atoms with E-state index in [1.54, 1.807) is 30.3 Å². The standard InChI is InChI=1S/C37H32BrN5O4/c38-29-17-13-25(14-18-29)23-37(36(45)40-24-28-9-5-8-26-7-1-2-10-31(26)28)34(32-11-3-4-12-33(32)42-43-39)47-35(41-37)27-15-19-30(20-16-27)46-22-6-21-44/h1-5,7-20,34,44H,6,21-24H2,(H,40,45)/t34-,37-/m1/s1. The van der Waals surface area contributed by atoms with E-state index in [9.17, 15) is 10.3 Å². The summed E-state index contributed by atoms with van der Waals surface area (Å²) in [5.74, 6) is 0.595. The number of amides is 1. The Hall–Kier alpha value is -5.15. The average Bonchev–Trinajstić information content (AvgIpc) is 3.49. The minimum Gasteiger partial charge on any atom is -0.494 e. The third kappa shape index (κ3) is 7.00. The molecule has 10 heteroatoms. The Bertz CT molecular complexity index is 1950. The zero-order valence-corrected chi connectivity index (χ0v) is 27.0. The van der Waals surface area contributed by atoms with E-state index in [0.717, 1.165) is 26.4 Å². The molecule has 0 saturated heterocycles. The number of benzene rings is 5. The van der Waals surface area contributed by atoms with Gasteiger partial charge in [-0.25, -0.2) is 4.99 Å². The first-order valence-electron chi connectivity index (χ1n) is 15.2. The number of azide groups is 1. The van der Waals surface area contributed by atoms with Gasteiger partial charge in [0.05, 0.1) is 6.61 Å². The van der Waals surface area contributed by atoms with E-state index in [1.807, 2.05) is 84.9 Å². The lowest BCUT2D eigenvalue weighted by atomic mass is 9.81. The molecule has 0 unspecified atom stereocenters. The number of ether oxygens (including phenoxy) is 2. The van der Waals surface area contributed by atoms with Gasteiger partial charge in [-0.05, 0) is 63.8 Å². The van der Waals surface area contributed by atoms with Gasteiger partial charge in [0.25, 0.3) is 5.91 Å². The monoisotopic (exact) mass is 689 g/mol. The largest absolute Gasteiger partial charge is 0.494 e. The number of hydrogen-bond acceptors (Lipinski definition) is 6. The highest BCUT2D eigenvalue weighted by Crippen LogP contribution is 2.45. The Labute approximate surface area is 280 Å². The molecule has 0 fully saturated rings. The highest BCUT2D eigenvalue weighted by atomic mass is 79.9. The molecule has 5 aromatic rings. The summed E-state index contributed by atoms with van der Waals surface area (Å²) in [5.41, 5.74) is 11.3. The first kappa shape index (κ1) is 31.8. The van der Waals surface area contributed by atoms with Gasteiger partial charge in [0, 0.05) is 52.2 Å². The van der Waals surface area contributed by atoms with Gasteiger partial charge < -0.3 is 19.9 Å². The Kier molecular flexibility index (Phi) is 9.83. The predicted molar refractivity (Wildman–Crippen MR) is 186 cm³/mol. The van der Waals surface area contributed by atoms with E-state index in [-0.39, 0.29) is 31.4 Å². The van der Waals surface area contributed by atoms with Gasteiger partial charge >= 0.3 is 0 Å². The zero-order chi connectivity index (χ0) is 32.6. The summed E-state index contributed by atoms with van der Waals surface area (Å²) in [6.45, 7) is 0.709. The molecule has 1 amide bonds. The number of fused-ring (bicyclic) bond motifs is 1. The molecule has 1 aliphatic rings. The van der Waals surface area contributed by atoms with Crippen LogP contribution in [0.15, 0.2) is 130 Å². The van der Waals surface area contributed by atoms with Crippen LogP contribution in [-0.2, 0) is 22.5 Å². The average molecular weight is 691 g/mol. The third-order valence-electron chi connectivity index (χ3n) is 8.11. The van der Waals surface area contributed by atoms with E-state index < -0.39 is 11.6 Å². The van der Waals surface area contributed by atoms with Crippen molar-refractivity contribution in [2.45, 2.75) is 31.0 Å². The van der Waals surface area contributed by atoms with Crippen LogP contribution < -0.4 is 10.1 Å². The molecule has 0 radical (unpaired) electrons. The Morgan fingerprint density at radius 3 is 2.51 bits per heavy atom. The van der Waals surface area contributed by atoms with Gasteiger partial charge in [0.2, 0.25) is 5.90 Å². The lowest BCUT2D eigenvalue weighted by Gasteiger charge is -2.31. The van der Waals surface area contributed by atoms with Crippen molar-refractivity contribution >= 4 is 44.2 Å². The number of rotatable bonds is 12. The molecule has 9 nitrogen and oxygen atoms in total. The first-order valence-corrected chi connectivity index (χ1v) is 16.0. The summed E-state index contributed by atoms with van der Waals surface area (Å²) in [6.07, 6.45) is -0.185. The summed E-state index contributed by atoms with van der Waals surface area (Å²) in [7, 11) is 0. The number of aliphatic hydroxyl groups is 1. The Balaban J connectivity index is 1.44. The highest BCUT2D eigenvalue weighted by Gasteiger charge is 2.53. The van der Waals surface area contributed by atoms with Crippen molar-refractivity contribution in [1.29, 1.82) is 0 Å². The maximum atomic E-state index is 14.7. The van der Waals surface area contributed by atoms with Crippen LogP contribution in [0, 0.1) is 0 Å². The van der Waals surface area contributed by atoms with Crippen molar-refractivity contribution < 1.29 is 19.4 Å². The van der Waals surface area contributed by atoms with E-state index in [0.29, 0.717) is 35.6 Å². The lowest BCUT2D eigenvalue weighted by molar-refractivity contribution is -0.129. The second-order valence-electron chi connectivity index (χ2n) is 11.2. The fourth-order valence-electron chi connectivity index (χ4n) is 5.80. The number of hydrogen-bond donors (Lipinski definition) is 2. The fraction of sp³-hybridized carbons (Fsp3) is 0.189. The molecule has 47 heavy (non-hydrogen) atoms. The Morgan fingerprint density at radius 2 is 1.72 bits per heavy atom. The van der Waals surface area contributed by atoms with Crippen molar-refractivity contribution in [3.63, 3.8) is 0 Å². The summed E-state index contributed by atoms with van der Waals surface area (Å²) in [4.78, 5) is 22.9. The lowest BCUT2D eigenvalue weighted by Crippen LogP contribution is -2.49. The molecular formula is C37H32BrN5O4. The molecule has 1 aliphatic heterocycles. The number of halogens is 1. The van der Waals surface area contributed by atoms with E-state index in [1.165, 1.54) is 0 Å². The number of carbonyl (C=O) groups excluding carboxylic acids is 1. The maximum Gasteiger partial charge on any atom is 0.252 e. The highest BCUT2D eigenvalue weighted by molar-refractivity contribution is 9.10. The Morgan fingerprint density at radius 1 is 0.979 bits per heavy atom. The molecule has 1 heterocycles. The van der Waals surface area contributed by atoms with Crippen LogP contribution in [0.3, 0.4) is 0 Å². The molecule has 0 spiro atoms. The van der Waals surface area contributed by atoms with Crippen LogP contribution >= 0.6 is 15.9 Å². The summed E-state index contributed by atoms with van der Waals surface area (Å²) in [5, 5.41) is 18.4. The smallest absolute Gasteiger partial charge is 0.252 e. The second-order valence-corrected chi connectivity index (χ2v) is 12.1. The van der Waals surface area contributed by atoms with Crippen LogP contribution in [0.2, 0.25) is 0 Å². The number of aliphatic hydroxyl groups excluding tert-OH is 1. The van der Waals surface area contributed by atoms with Gasteiger partial charge in [-0.1, -0.05) is 99.9 Å². The van der Waals surface area contributed by atoms with Gasteiger partial charge in [-0.2, -0.15) is 0 Å². The molecule has 6 rings (SSSR count). The quantitative estimate of drug-likeness (QED) is 0.0593. The number of nitrogens with one attached hydrogen (secondary N) is 1. The van der Waals surface area contributed by atoms with Gasteiger partial charge in [-0.3, -0.25) is 4.79 Å². The molecule has 2 N–H and O–H groups in total. The maximum absolute atomic E-state index is 14.7.